The molecule has 0 saturated carbocycles. The lowest BCUT2D eigenvalue weighted by Gasteiger charge is -2.19. The van der Waals surface area contributed by atoms with Gasteiger partial charge in [-0.25, -0.2) is 13.8 Å². The normalized spacial score (nSPS) is 13.1. The average Bonchev–Trinajstić information content (AvgIpc) is 3.43. The fourth-order valence-corrected chi connectivity index (χ4v) is 4.43. The minimum absolute atomic E-state index is 0.0481. The number of amides is 1. The number of carbonyl (C=O) groups excluding carboxylic acids is 1. The number of benzene rings is 3. The van der Waals surface area contributed by atoms with E-state index >= 15 is 0 Å². The Morgan fingerprint density at radius 2 is 1.49 bits per heavy atom. The van der Waals surface area contributed by atoms with Crippen LogP contribution in [0.15, 0.2) is 91.1 Å². The van der Waals surface area contributed by atoms with Crippen LogP contribution in [0.3, 0.4) is 0 Å². The molecule has 0 atom stereocenters. The molecule has 7 nitrogen and oxygen atoms in total. The number of carbonyl (C=O) groups is 1. The molecule has 4 rings (SSSR count). The maximum atomic E-state index is 14.8. The molecule has 35 heavy (non-hydrogen) atoms. The highest BCUT2D eigenvalue weighted by Gasteiger charge is 2.30. The van der Waals surface area contributed by atoms with Crippen LogP contribution in [-0.2, 0) is 38.2 Å². The summed E-state index contributed by atoms with van der Waals surface area (Å²) in [7, 11) is -4.20. The van der Waals surface area contributed by atoms with Crippen molar-refractivity contribution < 1.29 is 32.1 Å². The van der Waals surface area contributed by atoms with Crippen LogP contribution in [-0.4, -0.2) is 17.5 Å². The zero-order valence-electron chi connectivity index (χ0n) is 18.9. The minimum atomic E-state index is -4.20. The van der Waals surface area contributed by atoms with Gasteiger partial charge in [-0.15, -0.1) is 0 Å². The van der Waals surface area contributed by atoms with E-state index in [-0.39, 0.29) is 25.6 Å². The fraction of sp³-hybridized carbons (Fsp3) is 0.192. The number of ether oxygens (including phenoxy) is 1. The van der Waals surface area contributed by atoms with Crippen molar-refractivity contribution in [2.75, 3.05) is 6.54 Å². The van der Waals surface area contributed by atoms with Crippen molar-refractivity contribution in [3.8, 4) is 5.75 Å². The van der Waals surface area contributed by atoms with Gasteiger partial charge < -0.3 is 9.26 Å². The Labute approximate surface area is 203 Å². The summed E-state index contributed by atoms with van der Waals surface area (Å²) in [6.07, 6.45) is 3.79. The van der Waals surface area contributed by atoms with E-state index in [1.807, 2.05) is 42.5 Å². The first kappa shape index (κ1) is 24.7. The maximum absolute atomic E-state index is 14.8. The number of nitrogens with zero attached hydrogens (tertiary/aromatic N) is 1. The van der Waals surface area contributed by atoms with Crippen LogP contribution in [0.2, 0.25) is 0 Å². The molecule has 1 aliphatic heterocycles. The SMILES string of the molecule is O=C(OCc1ccc(OP(=O)(OCc2ccccc2)OCc2ccccc2)c(F)c1)N1C=CCC1. The summed E-state index contributed by atoms with van der Waals surface area (Å²) in [6, 6.07) is 22.2. The van der Waals surface area contributed by atoms with Gasteiger partial charge in [-0.2, -0.15) is 0 Å². The molecule has 3 aromatic carbocycles. The molecule has 1 heterocycles. The molecule has 0 bridgehead atoms. The summed E-state index contributed by atoms with van der Waals surface area (Å²) in [5.74, 6) is -1.08. The van der Waals surface area contributed by atoms with E-state index in [0.29, 0.717) is 12.1 Å². The largest absolute Gasteiger partial charge is 0.530 e. The van der Waals surface area contributed by atoms with E-state index < -0.39 is 19.7 Å². The van der Waals surface area contributed by atoms with Gasteiger partial charge in [0.1, 0.15) is 6.61 Å². The summed E-state index contributed by atoms with van der Waals surface area (Å²) in [6.45, 7) is 0.343. The summed E-state index contributed by atoms with van der Waals surface area (Å²) in [4.78, 5) is 13.4. The summed E-state index contributed by atoms with van der Waals surface area (Å²) in [5.41, 5.74) is 1.92. The second kappa shape index (κ2) is 11.8. The zero-order valence-corrected chi connectivity index (χ0v) is 19.8. The van der Waals surface area contributed by atoms with Crippen molar-refractivity contribution in [3.63, 3.8) is 0 Å². The molecule has 0 N–H and O–H groups in total. The van der Waals surface area contributed by atoms with Gasteiger partial charge in [0.05, 0.1) is 13.2 Å². The topological polar surface area (TPSA) is 74.3 Å². The molecule has 0 unspecified atom stereocenters. The number of halogens is 1. The highest BCUT2D eigenvalue weighted by Crippen LogP contribution is 2.51. The van der Waals surface area contributed by atoms with Gasteiger partial charge in [0.2, 0.25) is 0 Å². The fourth-order valence-electron chi connectivity index (χ4n) is 3.24. The molecule has 0 aromatic heterocycles. The van der Waals surface area contributed by atoms with Crippen molar-refractivity contribution in [3.05, 3.63) is 114 Å². The average molecular weight is 497 g/mol. The molecule has 9 heteroatoms. The van der Waals surface area contributed by atoms with Crippen LogP contribution < -0.4 is 4.52 Å². The summed E-state index contributed by atoms with van der Waals surface area (Å²) in [5, 5.41) is 0. The summed E-state index contributed by atoms with van der Waals surface area (Å²) < 4.78 is 49.9. The Morgan fingerprint density at radius 1 is 0.857 bits per heavy atom. The maximum Gasteiger partial charge on any atom is 0.530 e. The quantitative estimate of drug-likeness (QED) is 0.294. The van der Waals surface area contributed by atoms with Crippen molar-refractivity contribution in [1.82, 2.24) is 4.90 Å². The predicted molar refractivity (Wildman–Crippen MR) is 128 cm³/mol. The van der Waals surface area contributed by atoms with E-state index in [9.17, 15) is 13.8 Å². The Balaban J connectivity index is 1.43. The van der Waals surface area contributed by atoms with E-state index in [2.05, 4.69) is 0 Å². The molecule has 1 aliphatic rings. The van der Waals surface area contributed by atoms with E-state index in [4.69, 9.17) is 18.3 Å². The van der Waals surface area contributed by atoms with Crippen LogP contribution in [0, 0.1) is 5.82 Å². The number of hydrogen-bond donors (Lipinski definition) is 0. The number of hydrogen-bond acceptors (Lipinski definition) is 6. The van der Waals surface area contributed by atoms with Gasteiger partial charge in [0, 0.05) is 12.7 Å². The zero-order chi connectivity index (χ0) is 24.5. The van der Waals surface area contributed by atoms with Gasteiger partial charge in [-0.1, -0.05) is 72.8 Å². The molecule has 0 radical (unpaired) electrons. The van der Waals surface area contributed by atoms with E-state index in [1.54, 1.807) is 30.5 Å². The highest BCUT2D eigenvalue weighted by atomic mass is 31.2. The van der Waals surface area contributed by atoms with Crippen molar-refractivity contribution >= 4 is 13.9 Å². The van der Waals surface area contributed by atoms with Crippen LogP contribution in [0.25, 0.3) is 0 Å². The second-order valence-corrected chi connectivity index (χ2v) is 9.34. The predicted octanol–water partition coefficient (Wildman–Crippen LogP) is 6.60. The van der Waals surface area contributed by atoms with Crippen LogP contribution in [0.1, 0.15) is 23.1 Å². The Morgan fingerprint density at radius 3 is 2.03 bits per heavy atom. The number of phosphoric acid groups is 1. The Kier molecular flexibility index (Phi) is 8.32. The molecule has 182 valence electrons. The van der Waals surface area contributed by atoms with Crippen LogP contribution >= 0.6 is 7.82 Å². The first-order valence-electron chi connectivity index (χ1n) is 11.1. The van der Waals surface area contributed by atoms with Crippen LogP contribution in [0.4, 0.5) is 9.18 Å². The highest BCUT2D eigenvalue weighted by molar-refractivity contribution is 7.48. The van der Waals surface area contributed by atoms with Gasteiger partial charge in [-0.05, 0) is 35.2 Å². The molecule has 3 aromatic rings. The molecule has 0 aliphatic carbocycles. The lowest BCUT2D eigenvalue weighted by atomic mass is 10.2. The number of rotatable bonds is 10. The van der Waals surface area contributed by atoms with Gasteiger partial charge in [0.15, 0.2) is 11.6 Å². The van der Waals surface area contributed by atoms with E-state index in [1.165, 1.54) is 17.0 Å². The second-order valence-electron chi connectivity index (χ2n) is 7.74. The standard InChI is InChI=1S/C26H25FNO6P/c27-24-17-23(18-31-26(29)28-15-7-8-16-28)13-14-25(24)34-35(30,32-19-21-9-3-1-4-10-21)33-20-22-11-5-2-6-12-22/h1-7,9-15,17H,8,16,18-20H2. The van der Waals surface area contributed by atoms with Gasteiger partial charge in [-0.3, -0.25) is 13.9 Å². The molecular weight excluding hydrogens is 472 g/mol. The van der Waals surface area contributed by atoms with Gasteiger partial charge in [0.25, 0.3) is 0 Å². The molecule has 0 fully saturated rings. The van der Waals surface area contributed by atoms with Crippen molar-refractivity contribution in [2.24, 2.45) is 0 Å². The third-order valence-corrected chi connectivity index (χ3v) is 6.40. The molecule has 0 saturated heterocycles. The van der Waals surface area contributed by atoms with Crippen molar-refractivity contribution in [1.29, 1.82) is 0 Å². The Hall–Kier alpha value is -3.45. The van der Waals surface area contributed by atoms with E-state index in [0.717, 1.165) is 23.6 Å². The molecular formula is C26H25FNO6P. The lowest BCUT2D eigenvalue weighted by Crippen LogP contribution is -2.24. The third kappa shape index (κ3) is 7.26. The summed E-state index contributed by atoms with van der Waals surface area (Å²) >= 11 is 0. The molecule has 1 amide bonds. The third-order valence-electron chi connectivity index (χ3n) is 5.09. The van der Waals surface area contributed by atoms with Gasteiger partial charge >= 0.3 is 13.9 Å². The Bertz CT molecular complexity index is 1160. The number of phosphoric ester groups is 1. The first-order chi connectivity index (χ1) is 17.0. The lowest BCUT2D eigenvalue weighted by molar-refractivity contribution is 0.113. The minimum Gasteiger partial charge on any atom is -0.444 e. The first-order valence-corrected chi connectivity index (χ1v) is 12.5. The molecule has 0 spiro atoms. The monoisotopic (exact) mass is 497 g/mol. The smallest absolute Gasteiger partial charge is 0.444 e. The van der Waals surface area contributed by atoms with Crippen LogP contribution in [0.5, 0.6) is 5.75 Å². The van der Waals surface area contributed by atoms with Crippen molar-refractivity contribution in [2.45, 2.75) is 26.2 Å².